The third-order valence-electron chi connectivity index (χ3n) is 6.31. The van der Waals surface area contributed by atoms with Crippen LogP contribution in [0.3, 0.4) is 0 Å². The average molecular weight is 447 g/mol. The van der Waals surface area contributed by atoms with E-state index in [4.69, 9.17) is 4.52 Å². The molecule has 0 atom stereocenters. The van der Waals surface area contributed by atoms with E-state index >= 15 is 0 Å². The minimum Gasteiger partial charge on any atom is -0.340 e. The van der Waals surface area contributed by atoms with Gasteiger partial charge in [0.25, 0.3) is 0 Å². The van der Waals surface area contributed by atoms with Gasteiger partial charge < -0.3 is 9.42 Å². The Labute approximate surface area is 183 Å². The number of sulfonamides is 1. The van der Waals surface area contributed by atoms with Crippen molar-refractivity contribution in [1.29, 1.82) is 0 Å². The Morgan fingerprint density at radius 3 is 2.35 bits per heavy atom. The maximum absolute atomic E-state index is 13.1. The number of nitrogens with zero attached hydrogens (tertiary/aromatic N) is 4. The lowest BCUT2D eigenvalue weighted by molar-refractivity contribution is -0.132. The number of carbonyl (C=O) groups excluding carboxylic acids is 1. The topological polar surface area (TPSA) is 96.6 Å². The highest BCUT2D eigenvalue weighted by molar-refractivity contribution is 7.89. The van der Waals surface area contributed by atoms with Gasteiger partial charge in [-0.25, -0.2) is 8.42 Å². The number of piperazine rings is 1. The first-order valence-corrected chi connectivity index (χ1v) is 12.5. The lowest BCUT2D eigenvalue weighted by Gasteiger charge is -2.34. The highest BCUT2D eigenvalue weighted by Crippen LogP contribution is 2.33. The molecule has 1 aliphatic heterocycles. The summed E-state index contributed by atoms with van der Waals surface area (Å²) in [6, 6.07) is 7.43. The summed E-state index contributed by atoms with van der Waals surface area (Å²) in [5.74, 6) is 1.53. The first kappa shape index (κ1) is 22.0. The Morgan fingerprint density at radius 2 is 1.74 bits per heavy atom. The third kappa shape index (κ3) is 5.15. The van der Waals surface area contributed by atoms with Crippen LogP contribution in [0.15, 0.2) is 33.7 Å². The molecule has 1 aromatic heterocycles. The quantitative estimate of drug-likeness (QED) is 0.677. The average Bonchev–Trinajstić information content (AvgIpc) is 3.23. The summed E-state index contributed by atoms with van der Waals surface area (Å²) in [6.45, 7) is 3.12. The van der Waals surface area contributed by atoms with E-state index in [1.165, 1.54) is 42.0 Å². The van der Waals surface area contributed by atoms with Crippen LogP contribution in [0.25, 0.3) is 0 Å². The third-order valence-corrected chi connectivity index (χ3v) is 8.22. The molecule has 4 rings (SSSR count). The molecule has 168 valence electrons. The molecule has 0 radical (unpaired) electrons. The molecule has 1 amide bonds. The summed E-state index contributed by atoms with van der Waals surface area (Å²) in [5, 5.41) is 3.72. The van der Waals surface area contributed by atoms with Gasteiger partial charge in [0.15, 0.2) is 5.82 Å². The molecule has 1 aliphatic carbocycles. The Morgan fingerprint density at radius 1 is 1.06 bits per heavy atom. The number of aryl methyl sites for hydroxylation is 2. The molecule has 0 unspecified atom stereocenters. The zero-order valence-corrected chi connectivity index (χ0v) is 18.8. The predicted molar refractivity (Wildman–Crippen MR) is 115 cm³/mol. The van der Waals surface area contributed by atoms with Crippen molar-refractivity contribution >= 4 is 15.9 Å². The van der Waals surface area contributed by atoms with Gasteiger partial charge in [0.05, 0.1) is 4.90 Å². The minimum absolute atomic E-state index is 0.0234. The molecular weight excluding hydrogens is 416 g/mol. The zero-order valence-electron chi connectivity index (χ0n) is 18.0. The van der Waals surface area contributed by atoms with Crippen molar-refractivity contribution in [1.82, 2.24) is 19.3 Å². The second kappa shape index (κ2) is 9.48. The summed E-state index contributed by atoms with van der Waals surface area (Å²) < 4.78 is 32.6. The fraction of sp³-hybridized carbons (Fsp3) is 0.591. The second-order valence-electron chi connectivity index (χ2n) is 8.42. The first-order valence-electron chi connectivity index (χ1n) is 11.1. The van der Waals surface area contributed by atoms with Crippen LogP contribution in [-0.2, 0) is 21.2 Å². The van der Waals surface area contributed by atoms with Gasteiger partial charge >= 0.3 is 0 Å². The van der Waals surface area contributed by atoms with Crippen LogP contribution in [0.2, 0.25) is 0 Å². The number of hydrogen-bond donors (Lipinski definition) is 0. The van der Waals surface area contributed by atoms with Crippen molar-refractivity contribution in [2.75, 3.05) is 26.2 Å². The van der Waals surface area contributed by atoms with Gasteiger partial charge in [-0.15, -0.1) is 0 Å². The molecule has 0 spiro atoms. The van der Waals surface area contributed by atoms with Crippen molar-refractivity contribution < 1.29 is 17.7 Å². The molecule has 1 aromatic carbocycles. The predicted octanol–water partition coefficient (Wildman–Crippen LogP) is 2.89. The smallest absolute Gasteiger partial charge is 0.243 e. The van der Waals surface area contributed by atoms with Crippen LogP contribution < -0.4 is 0 Å². The molecule has 0 N–H and O–H groups in total. The summed E-state index contributed by atoms with van der Waals surface area (Å²) in [4.78, 5) is 18.6. The molecule has 2 heterocycles. The summed E-state index contributed by atoms with van der Waals surface area (Å²) in [6.07, 6.45) is 6.85. The molecule has 8 nitrogen and oxygen atoms in total. The molecule has 31 heavy (non-hydrogen) atoms. The Kier molecular flexibility index (Phi) is 6.71. The molecule has 9 heteroatoms. The molecule has 2 fully saturated rings. The highest BCUT2D eigenvalue weighted by Gasteiger charge is 2.30. The highest BCUT2D eigenvalue weighted by atomic mass is 32.2. The van der Waals surface area contributed by atoms with Crippen LogP contribution >= 0.6 is 0 Å². The van der Waals surface area contributed by atoms with E-state index in [0.717, 1.165) is 0 Å². The molecule has 1 saturated carbocycles. The SMILES string of the molecule is Cc1noc(CCC(=O)N2CCN(S(=O)(=O)c3ccc(C4CCCCC4)cc3)CC2)n1. The number of carbonyl (C=O) groups is 1. The van der Waals surface area contributed by atoms with E-state index in [2.05, 4.69) is 10.1 Å². The molecule has 2 aliphatic rings. The van der Waals surface area contributed by atoms with Crippen LogP contribution in [-0.4, -0.2) is 59.8 Å². The standard InChI is InChI=1S/C22H30N4O4S/c1-17-23-21(30-24-17)11-12-22(27)25-13-15-26(16-14-25)31(28,29)20-9-7-19(8-10-20)18-5-3-2-4-6-18/h7-10,18H,2-6,11-16H2,1H3. The lowest BCUT2D eigenvalue weighted by atomic mass is 9.84. The van der Waals surface area contributed by atoms with E-state index in [9.17, 15) is 13.2 Å². The van der Waals surface area contributed by atoms with Crippen molar-refractivity contribution in [3.63, 3.8) is 0 Å². The van der Waals surface area contributed by atoms with Gasteiger partial charge in [0.2, 0.25) is 21.8 Å². The maximum atomic E-state index is 13.1. The molecule has 1 saturated heterocycles. The zero-order chi connectivity index (χ0) is 21.8. The second-order valence-corrected chi connectivity index (χ2v) is 10.4. The van der Waals surface area contributed by atoms with Gasteiger partial charge in [0.1, 0.15) is 0 Å². The van der Waals surface area contributed by atoms with Gasteiger partial charge in [-0.1, -0.05) is 36.6 Å². The van der Waals surface area contributed by atoms with Gasteiger partial charge in [-0.2, -0.15) is 9.29 Å². The lowest BCUT2D eigenvalue weighted by Crippen LogP contribution is -2.50. The fourth-order valence-electron chi connectivity index (χ4n) is 4.49. The number of benzene rings is 1. The van der Waals surface area contributed by atoms with Gasteiger partial charge in [-0.3, -0.25) is 4.79 Å². The molecule has 2 aromatic rings. The summed E-state index contributed by atoms with van der Waals surface area (Å²) in [5.41, 5.74) is 1.24. The molecule has 0 bridgehead atoms. The van der Waals surface area contributed by atoms with Crippen molar-refractivity contribution in [3.8, 4) is 0 Å². The van der Waals surface area contributed by atoms with Crippen LogP contribution in [0, 0.1) is 6.92 Å². The van der Waals surface area contributed by atoms with E-state index < -0.39 is 10.0 Å². The largest absolute Gasteiger partial charge is 0.340 e. The van der Waals surface area contributed by atoms with Crippen molar-refractivity contribution in [2.24, 2.45) is 0 Å². The Hall–Kier alpha value is -2.26. The molecular formula is C22H30N4O4S. The van der Waals surface area contributed by atoms with Gasteiger partial charge in [0, 0.05) is 39.0 Å². The van der Waals surface area contributed by atoms with E-state index in [1.54, 1.807) is 24.0 Å². The van der Waals surface area contributed by atoms with Crippen LogP contribution in [0.1, 0.15) is 61.7 Å². The van der Waals surface area contributed by atoms with E-state index in [1.807, 2.05) is 12.1 Å². The minimum atomic E-state index is -3.55. The number of aromatic nitrogens is 2. The monoisotopic (exact) mass is 446 g/mol. The maximum Gasteiger partial charge on any atom is 0.243 e. The Balaban J connectivity index is 1.31. The number of amides is 1. The van der Waals surface area contributed by atoms with Crippen molar-refractivity contribution in [3.05, 3.63) is 41.5 Å². The normalized spacial score (nSPS) is 18.9. The fourth-order valence-corrected chi connectivity index (χ4v) is 5.91. The van der Waals surface area contributed by atoms with Crippen molar-refractivity contribution in [2.45, 2.75) is 62.7 Å². The van der Waals surface area contributed by atoms with E-state index in [-0.39, 0.29) is 12.3 Å². The van der Waals surface area contributed by atoms with E-state index in [0.29, 0.717) is 55.1 Å². The number of hydrogen-bond acceptors (Lipinski definition) is 6. The van der Waals surface area contributed by atoms with Crippen LogP contribution in [0.4, 0.5) is 0 Å². The number of rotatable bonds is 6. The summed E-state index contributed by atoms with van der Waals surface area (Å²) >= 11 is 0. The van der Waals surface area contributed by atoms with Gasteiger partial charge in [-0.05, 0) is 43.4 Å². The van der Waals surface area contributed by atoms with Crippen LogP contribution in [0.5, 0.6) is 0 Å². The Bertz CT molecular complexity index is 989. The summed E-state index contributed by atoms with van der Waals surface area (Å²) in [7, 11) is -3.55. The first-order chi connectivity index (χ1) is 14.9.